The van der Waals surface area contributed by atoms with Crippen LogP contribution in [0, 0.1) is 11.8 Å². The highest BCUT2D eigenvalue weighted by Crippen LogP contribution is 2.19. The Kier molecular flexibility index (Phi) is 3.34. The number of hydrogen-bond donors (Lipinski definition) is 2. The lowest BCUT2D eigenvalue weighted by molar-refractivity contribution is 0.570. The fraction of sp³-hybridized carbons (Fsp3) is 0. The summed E-state index contributed by atoms with van der Waals surface area (Å²) >= 11 is 0. The summed E-state index contributed by atoms with van der Waals surface area (Å²) in [6.07, 6.45) is 0. The van der Waals surface area contributed by atoms with Crippen LogP contribution in [0.25, 0.3) is 0 Å². The first-order valence-corrected chi connectivity index (χ1v) is 6.57. The molecule has 0 atom stereocenters. The normalized spacial score (nSPS) is 11.3. The molecule has 0 fully saturated rings. The molecule has 0 amide bonds. The van der Waals surface area contributed by atoms with Crippen molar-refractivity contribution in [2.75, 3.05) is 10.5 Å². The summed E-state index contributed by atoms with van der Waals surface area (Å²) in [5.74, 6) is -2.09. The van der Waals surface area contributed by atoms with Crippen LogP contribution in [0.5, 0.6) is 0 Å². The highest BCUT2D eigenvalue weighted by molar-refractivity contribution is 7.92. The van der Waals surface area contributed by atoms with Crippen LogP contribution in [0.2, 0.25) is 0 Å². The number of nitrogens with one attached hydrogen (secondary N) is 1. The number of benzene rings is 1. The topological polar surface area (TPSA) is 85.1 Å². The molecule has 0 unspecified atom stereocenters. The van der Waals surface area contributed by atoms with Gasteiger partial charge in [0.25, 0.3) is 10.0 Å². The third kappa shape index (κ3) is 2.97. The van der Waals surface area contributed by atoms with Crippen LogP contribution in [-0.4, -0.2) is 13.4 Å². The lowest BCUT2D eigenvalue weighted by Crippen LogP contribution is -2.15. The monoisotopic (exact) mass is 285 g/mol. The van der Waals surface area contributed by atoms with Crippen molar-refractivity contribution < 1.29 is 17.2 Å². The molecule has 0 saturated heterocycles. The van der Waals surface area contributed by atoms with Gasteiger partial charge in [-0.3, -0.25) is 4.72 Å². The number of anilines is 2. The summed E-state index contributed by atoms with van der Waals surface area (Å²) in [5, 5.41) is 0. The molecule has 8 heteroatoms. The predicted octanol–water partition coefficient (Wildman–Crippen LogP) is 1.74. The number of rotatable bonds is 3. The smallest absolute Gasteiger partial charge is 0.265 e. The number of pyridine rings is 1. The highest BCUT2D eigenvalue weighted by atomic mass is 32.2. The van der Waals surface area contributed by atoms with Crippen LogP contribution >= 0.6 is 0 Å². The van der Waals surface area contributed by atoms with Crippen molar-refractivity contribution in [3.05, 3.63) is 48.2 Å². The first-order chi connectivity index (χ1) is 8.88. The van der Waals surface area contributed by atoms with E-state index in [-0.39, 0.29) is 11.5 Å². The number of nitrogen functional groups attached to an aromatic ring is 1. The lowest BCUT2D eigenvalue weighted by Gasteiger charge is -2.08. The molecule has 2 rings (SSSR count). The molecule has 0 aliphatic rings. The molecule has 0 bridgehead atoms. The van der Waals surface area contributed by atoms with Gasteiger partial charge in [0, 0.05) is 5.69 Å². The van der Waals surface area contributed by atoms with E-state index >= 15 is 0 Å². The summed E-state index contributed by atoms with van der Waals surface area (Å²) in [7, 11) is -4.19. The van der Waals surface area contributed by atoms with Crippen molar-refractivity contribution in [1.29, 1.82) is 0 Å². The number of nitrogens with zero attached hydrogens (tertiary/aromatic N) is 1. The van der Waals surface area contributed by atoms with Crippen LogP contribution in [0.15, 0.2) is 41.3 Å². The Morgan fingerprint density at radius 3 is 2.53 bits per heavy atom. The maximum Gasteiger partial charge on any atom is 0.265 e. The van der Waals surface area contributed by atoms with E-state index in [2.05, 4.69) is 4.98 Å². The van der Waals surface area contributed by atoms with Gasteiger partial charge in [0.2, 0.25) is 5.95 Å². The molecule has 1 aromatic carbocycles. The molecule has 0 spiro atoms. The minimum Gasteiger partial charge on any atom is -0.399 e. The molecule has 1 heterocycles. The first kappa shape index (κ1) is 13.2. The first-order valence-electron chi connectivity index (χ1n) is 5.09. The zero-order chi connectivity index (χ0) is 14.0. The van der Waals surface area contributed by atoms with Crippen LogP contribution in [0.1, 0.15) is 0 Å². The van der Waals surface area contributed by atoms with E-state index in [0.717, 1.165) is 18.2 Å². The second kappa shape index (κ2) is 4.81. The van der Waals surface area contributed by atoms with Crippen LogP contribution in [0.4, 0.5) is 20.3 Å². The average Bonchev–Trinajstić information content (AvgIpc) is 2.27. The molecular weight excluding hydrogens is 276 g/mol. The van der Waals surface area contributed by atoms with E-state index in [1.807, 2.05) is 4.72 Å². The number of halogens is 2. The fourth-order valence-electron chi connectivity index (χ4n) is 1.39. The molecule has 19 heavy (non-hydrogen) atoms. The summed E-state index contributed by atoms with van der Waals surface area (Å²) in [6, 6.07) is 6.73. The third-order valence-corrected chi connectivity index (χ3v) is 3.59. The fourth-order valence-corrected chi connectivity index (χ4v) is 2.45. The van der Waals surface area contributed by atoms with Gasteiger partial charge in [0.05, 0.1) is 0 Å². The maximum absolute atomic E-state index is 13.5. The average molecular weight is 285 g/mol. The minimum atomic E-state index is -4.19. The second-order valence-electron chi connectivity index (χ2n) is 3.64. The molecule has 0 radical (unpaired) electrons. The van der Waals surface area contributed by atoms with Crippen molar-refractivity contribution in [3.63, 3.8) is 0 Å². The SMILES string of the molecule is Nc1ccc(S(=O)(=O)Nc2cccc(F)n2)c(F)c1. The molecule has 0 aliphatic carbocycles. The zero-order valence-corrected chi connectivity index (χ0v) is 10.3. The molecule has 0 aliphatic heterocycles. The van der Waals surface area contributed by atoms with Crippen LogP contribution < -0.4 is 10.5 Å². The van der Waals surface area contributed by atoms with Crippen molar-refractivity contribution in [3.8, 4) is 0 Å². The van der Waals surface area contributed by atoms with Gasteiger partial charge < -0.3 is 5.73 Å². The van der Waals surface area contributed by atoms with Gasteiger partial charge in [-0.25, -0.2) is 17.8 Å². The standard InChI is InChI=1S/C11H9F2N3O2S/c12-8-6-7(14)4-5-9(8)19(17,18)16-11-3-1-2-10(13)15-11/h1-6H,14H2,(H,15,16). The van der Waals surface area contributed by atoms with Gasteiger partial charge in [0.15, 0.2) is 0 Å². The number of nitrogens with two attached hydrogens (primary N) is 1. The maximum atomic E-state index is 13.5. The Bertz CT molecular complexity index is 720. The molecule has 5 nitrogen and oxygen atoms in total. The van der Waals surface area contributed by atoms with Crippen molar-refractivity contribution in [1.82, 2.24) is 4.98 Å². The molecular formula is C11H9F2N3O2S. The van der Waals surface area contributed by atoms with E-state index in [4.69, 9.17) is 5.73 Å². The Morgan fingerprint density at radius 1 is 1.16 bits per heavy atom. The molecule has 0 saturated carbocycles. The molecule has 1 aromatic heterocycles. The Morgan fingerprint density at radius 2 is 1.89 bits per heavy atom. The van der Waals surface area contributed by atoms with E-state index in [1.165, 1.54) is 18.2 Å². The van der Waals surface area contributed by atoms with E-state index in [1.54, 1.807) is 0 Å². The van der Waals surface area contributed by atoms with E-state index in [0.29, 0.717) is 0 Å². The predicted molar refractivity (Wildman–Crippen MR) is 65.8 cm³/mol. The van der Waals surface area contributed by atoms with Crippen molar-refractivity contribution >= 4 is 21.5 Å². The van der Waals surface area contributed by atoms with Crippen LogP contribution in [-0.2, 0) is 10.0 Å². The zero-order valence-electron chi connectivity index (χ0n) is 9.47. The third-order valence-electron chi connectivity index (χ3n) is 2.20. The van der Waals surface area contributed by atoms with Crippen LogP contribution in [0.3, 0.4) is 0 Å². The van der Waals surface area contributed by atoms with Gasteiger partial charge in [-0.05, 0) is 30.3 Å². The van der Waals surface area contributed by atoms with E-state index in [9.17, 15) is 17.2 Å². The molecule has 100 valence electrons. The Hall–Kier alpha value is -2.22. The largest absolute Gasteiger partial charge is 0.399 e. The molecule has 3 N–H and O–H groups in total. The summed E-state index contributed by atoms with van der Waals surface area (Å²) in [4.78, 5) is 2.74. The van der Waals surface area contributed by atoms with Gasteiger partial charge in [0.1, 0.15) is 16.5 Å². The number of hydrogen-bond acceptors (Lipinski definition) is 4. The Labute approximate surface area is 108 Å². The van der Waals surface area contributed by atoms with Crippen molar-refractivity contribution in [2.24, 2.45) is 0 Å². The quantitative estimate of drug-likeness (QED) is 0.664. The van der Waals surface area contributed by atoms with E-state index < -0.39 is 26.7 Å². The summed E-state index contributed by atoms with van der Waals surface area (Å²) < 4.78 is 52.1. The highest BCUT2D eigenvalue weighted by Gasteiger charge is 2.19. The minimum absolute atomic E-state index is 0.0975. The van der Waals surface area contributed by atoms with Gasteiger partial charge in [-0.2, -0.15) is 4.39 Å². The van der Waals surface area contributed by atoms with Gasteiger partial charge >= 0.3 is 0 Å². The number of sulfonamides is 1. The summed E-state index contributed by atoms with van der Waals surface area (Å²) in [5.41, 5.74) is 5.42. The Balaban J connectivity index is 2.38. The lowest BCUT2D eigenvalue weighted by atomic mass is 10.3. The van der Waals surface area contributed by atoms with Crippen molar-refractivity contribution in [2.45, 2.75) is 4.90 Å². The second-order valence-corrected chi connectivity index (χ2v) is 5.29. The molecule has 2 aromatic rings. The van der Waals surface area contributed by atoms with Gasteiger partial charge in [-0.1, -0.05) is 6.07 Å². The number of aromatic nitrogens is 1. The summed E-state index contributed by atoms with van der Waals surface area (Å²) in [6.45, 7) is 0. The van der Waals surface area contributed by atoms with Gasteiger partial charge in [-0.15, -0.1) is 0 Å².